The normalized spacial score (nSPS) is 18.5. The quantitative estimate of drug-likeness (QED) is 0.692. The summed E-state index contributed by atoms with van der Waals surface area (Å²) in [5.74, 6) is -1.31. The van der Waals surface area contributed by atoms with Crippen LogP contribution in [0, 0.1) is 30.5 Å². The zero-order chi connectivity index (χ0) is 21.0. The molecule has 1 aliphatic rings. The smallest absolute Gasteiger partial charge is 0.179 e. The van der Waals surface area contributed by atoms with Crippen molar-refractivity contribution in [3.05, 3.63) is 64.7 Å². The maximum Gasteiger partial charge on any atom is 0.179 e. The van der Waals surface area contributed by atoms with Crippen LogP contribution in [-0.4, -0.2) is 16.7 Å². The van der Waals surface area contributed by atoms with Crippen molar-refractivity contribution in [1.82, 2.24) is 0 Å². The average Bonchev–Trinajstić information content (AvgIpc) is 2.61. The summed E-state index contributed by atoms with van der Waals surface area (Å²) in [6.45, 7) is 10.1. The second kappa shape index (κ2) is 6.40. The number of allylic oxidation sites excluding steroid dienone is 2. The maximum atomic E-state index is 14.5. The second-order valence-electron chi connectivity index (χ2n) is 8.64. The number of aliphatic hydroxyl groups is 1. The van der Waals surface area contributed by atoms with Gasteiger partial charge >= 0.3 is 0 Å². The summed E-state index contributed by atoms with van der Waals surface area (Å²) in [5, 5.41) is 10.9. The minimum atomic E-state index is -1.25. The molecule has 146 valence electrons. The average molecular weight is 380 g/mol. The third kappa shape index (κ3) is 2.88. The Bertz CT molecular complexity index is 1040. The highest BCUT2D eigenvalue weighted by Gasteiger charge is 2.53. The lowest BCUT2D eigenvalue weighted by Gasteiger charge is -2.38. The number of carbonyl (C=O) groups excluding carboxylic acids is 2. The summed E-state index contributed by atoms with van der Waals surface area (Å²) in [6.07, 6.45) is 0. The zero-order valence-corrected chi connectivity index (χ0v) is 17.1. The fourth-order valence-corrected chi connectivity index (χ4v) is 3.89. The molecule has 0 unspecified atom stereocenters. The fraction of sp³-hybridized carbons (Fsp3) is 0.333. The van der Waals surface area contributed by atoms with Crippen LogP contribution in [0.1, 0.15) is 44.4 Å². The molecule has 0 amide bonds. The Morgan fingerprint density at radius 2 is 1.50 bits per heavy atom. The van der Waals surface area contributed by atoms with E-state index in [9.17, 15) is 19.1 Å². The maximum absolute atomic E-state index is 14.5. The Balaban J connectivity index is 2.27. The number of hydrogen-bond acceptors (Lipinski definition) is 3. The van der Waals surface area contributed by atoms with E-state index in [-0.39, 0.29) is 22.9 Å². The topological polar surface area (TPSA) is 54.4 Å². The molecule has 0 heterocycles. The van der Waals surface area contributed by atoms with E-state index in [0.717, 1.165) is 11.1 Å². The van der Waals surface area contributed by atoms with Crippen LogP contribution >= 0.6 is 0 Å². The van der Waals surface area contributed by atoms with E-state index in [1.165, 1.54) is 6.07 Å². The van der Waals surface area contributed by atoms with Gasteiger partial charge in [0.05, 0.1) is 16.4 Å². The molecule has 0 radical (unpaired) electrons. The molecule has 4 heteroatoms. The number of aryl methyl sites for hydroxylation is 2. The molecule has 0 saturated heterocycles. The highest BCUT2D eigenvalue weighted by atomic mass is 19.1. The summed E-state index contributed by atoms with van der Waals surface area (Å²) < 4.78 is 14.5. The van der Waals surface area contributed by atoms with Gasteiger partial charge in [-0.15, -0.1) is 0 Å². The first-order valence-electron chi connectivity index (χ1n) is 9.30. The molecular formula is C24H25FO3. The first-order chi connectivity index (χ1) is 12.9. The Labute approximate surface area is 164 Å². The number of carbonyl (C=O) groups is 2. The van der Waals surface area contributed by atoms with Crippen molar-refractivity contribution >= 4 is 17.1 Å². The van der Waals surface area contributed by atoms with Gasteiger partial charge in [-0.05, 0) is 75.9 Å². The number of rotatable bonds is 2. The third-order valence-corrected chi connectivity index (χ3v) is 5.70. The first-order valence-corrected chi connectivity index (χ1v) is 9.30. The second-order valence-corrected chi connectivity index (χ2v) is 8.64. The molecule has 0 fully saturated rings. The van der Waals surface area contributed by atoms with Crippen LogP contribution in [0.25, 0.3) is 16.7 Å². The van der Waals surface area contributed by atoms with Gasteiger partial charge in [-0.25, -0.2) is 4.39 Å². The number of ketones is 2. The number of hydrogen-bond donors (Lipinski definition) is 1. The van der Waals surface area contributed by atoms with Crippen molar-refractivity contribution in [3.8, 4) is 11.1 Å². The summed E-state index contributed by atoms with van der Waals surface area (Å²) >= 11 is 0. The number of halogens is 1. The van der Waals surface area contributed by atoms with Crippen molar-refractivity contribution < 1.29 is 19.1 Å². The van der Waals surface area contributed by atoms with Gasteiger partial charge in [-0.3, -0.25) is 9.59 Å². The zero-order valence-electron chi connectivity index (χ0n) is 17.1. The Hall–Kier alpha value is -2.75. The predicted octanol–water partition coefficient (Wildman–Crippen LogP) is 5.58. The van der Waals surface area contributed by atoms with Crippen molar-refractivity contribution in [2.45, 2.75) is 41.5 Å². The minimum absolute atomic E-state index is 0.140. The number of Topliss-reactive ketones (excluding diaryl/α,β-unsaturated/α-hetero) is 2. The van der Waals surface area contributed by atoms with Crippen LogP contribution in [0.2, 0.25) is 0 Å². The van der Waals surface area contributed by atoms with Gasteiger partial charge in [0.1, 0.15) is 11.6 Å². The Morgan fingerprint density at radius 3 is 2.11 bits per heavy atom. The van der Waals surface area contributed by atoms with Gasteiger partial charge in [0.2, 0.25) is 0 Å². The van der Waals surface area contributed by atoms with Gasteiger partial charge in [0.25, 0.3) is 0 Å². The minimum Gasteiger partial charge on any atom is -0.510 e. The molecular weight excluding hydrogens is 355 g/mol. The highest BCUT2D eigenvalue weighted by Crippen LogP contribution is 2.47. The van der Waals surface area contributed by atoms with E-state index in [2.05, 4.69) is 0 Å². The SMILES string of the molecule is Cc1ccc(-c2ccc(C)c(C3=C(O)C(C)(C)C(=O)C(C)(C)C3=O)c2)c(F)c1. The molecule has 0 saturated carbocycles. The number of benzene rings is 2. The van der Waals surface area contributed by atoms with E-state index in [1.807, 2.05) is 19.9 Å². The van der Waals surface area contributed by atoms with Gasteiger partial charge in [0.15, 0.2) is 11.6 Å². The van der Waals surface area contributed by atoms with E-state index >= 15 is 0 Å². The predicted molar refractivity (Wildman–Crippen MR) is 108 cm³/mol. The third-order valence-electron chi connectivity index (χ3n) is 5.70. The van der Waals surface area contributed by atoms with Crippen LogP contribution in [0.15, 0.2) is 42.2 Å². The van der Waals surface area contributed by atoms with Gasteiger partial charge in [0, 0.05) is 5.56 Å². The highest BCUT2D eigenvalue weighted by molar-refractivity contribution is 6.34. The molecule has 3 rings (SSSR count). The Morgan fingerprint density at radius 1 is 0.857 bits per heavy atom. The van der Waals surface area contributed by atoms with Gasteiger partial charge < -0.3 is 5.11 Å². The molecule has 3 nitrogen and oxygen atoms in total. The van der Waals surface area contributed by atoms with Crippen molar-refractivity contribution in [2.24, 2.45) is 10.8 Å². The van der Waals surface area contributed by atoms with Crippen molar-refractivity contribution in [3.63, 3.8) is 0 Å². The Kier molecular flexibility index (Phi) is 4.57. The van der Waals surface area contributed by atoms with E-state index in [0.29, 0.717) is 16.7 Å². The van der Waals surface area contributed by atoms with Crippen LogP contribution < -0.4 is 0 Å². The monoisotopic (exact) mass is 380 g/mol. The van der Waals surface area contributed by atoms with Crippen LogP contribution in [0.3, 0.4) is 0 Å². The molecule has 0 aliphatic heterocycles. The summed E-state index contributed by atoms with van der Waals surface area (Å²) in [5.41, 5.74) is 0.858. The summed E-state index contributed by atoms with van der Waals surface area (Å²) in [7, 11) is 0. The number of aliphatic hydroxyl groups excluding tert-OH is 1. The van der Waals surface area contributed by atoms with Crippen LogP contribution in [-0.2, 0) is 9.59 Å². The molecule has 1 N–H and O–H groups in total. The molecule has 28 heavy (non-hydrogen) atoms. The molecule has 0 spiro atoms. The van der Waals surface area contributed by atoms with E-state index in [4.69, 9.17) is 0 Å². The van der Waals surface area contributed by atoms with Crippen molar-refractivity contribution in [1.29, 1.82) is 0 Å². The molecule has 0 atom stereocenters. The standard InChI is InChI=1S/C24H25FO3/c1-13-7-10-16(18(25)11-13)15-9-8-14(2)17(12-15)19-20(26)23(3,4)22(28)24(5,6)21(19)27/h7-12,26H,1-6H3. The van der Waals surface area contributed by atoms with Crippen molar-refractivity contribution in [2.75, 3.05) is 0 Å². The molecule has 2 aromatic carbocycles. The van der Waals surface area contributed by atoms with Crippen LogP contribution in [0.4, 0.5) is 4.39 Å². The largest absolute Gasteiger partial charge is 0.510 e. The lowest BCUT2D eigenvalue weighted by Crippen LogP contribution is -2.48. The van der Waals surface area contributed by atoms with E-state index in [1.54, 1.807) is 52.0 Å². The van der Waals surface area contributed by atoms with Gasteiger partial charge in [-0.2, -0.15) is 0 Å². The lowest BCUT2D eigenvalue weighted by molar-refractivity contribution is -0.143. The van der Waals surface area contributed by atoms with E-state index < -0.39 is 16.6 Å². The summed E-state index contributed by atoms with van der Waals surface area (Å²) in [6, 6.07) is 10.3. The summed E-state index contributed by atoms with van der Waals surface area (Å²) in [4.78, 5) is 25.9. The molecule has 2 aromatic rings. The molecule has 0 aromatic heterocycles. The first kappa shape index (κ1) is 20.0. The molecule has 0 bridgehead atoms. The van der Waals surface area contributed by atoms with Gasteiger partial charge in [-0.1, -0.05) is 24.3 Å². The fourth-order valence-electron chi connectivity index (χ4n) is 3.89. The van der Waals surface area contributed by atoms with Crippen LogP contribution in [0.5, 0.6) is 0 Å². The molecule has 1 aliphatic carbocycles. The lowest BCUT2D eigenvalue weighted by atomic mass is 9.62.